The van der Waals surface area contributed by atoms with E-state index >= 15 is 0 Å². The topological polar surface area (TPSA) is 101 Å². The fourth-order valence-electron chi connectivity index (χ4n) is 4.06. The van der Waals surface area contributed by atoms with Gasteiger partial charge in [-0.25, -0.2) is 14.4 Å². The average Bonchev–Trinajstić information content (AvgIpc) is 2.79. The van der Waals surface area contributed by atoms with Crippen molar-refractivity contribution in [2.45, 2.75) is 123 Å². The average molecular weight is 536 g/mol. The van der Waals surface area contributed by atoms with Gasteiger partial charge in [-0.1, -0.05) is 38.0 Å². The van der Waals surface area contributed by atoms with Gasteiger partial charge in [0.25, 0.3) is 0 Å². The Balaban J connectivity index is 2.38. The van der Waals surface area contributed by atoms with Gasteiger partial charge < -0.3 is 23.7 Å². The van der Waals surface area contributed by atoms with Crippen molar-refractivity contribution in [3.05, 3.63) is 30.3 Å². The van der Waals surface area contributed by atoms with E-state index in [4.69, 9.17) is 23.7 Å². The molecule has 1 aliphatic rings. The number of amides is 2. The van der Waals surface area contributed by atoms with Crippen molar-refractivity contribution < 1.29 is 38.1 Å². The van der Waals surface area contributed by atoms with Gasteiger partial charge in [0, 0.05) is 6.61 Å². The molecule has 4 atom stereocenters. The zero-order valence-corrected chi connectivity index (χ0v) is 24.2. The molecule has 9 heteroatoms. The number of esters is 1. The van der Waals surface area contributed by atoms with Crippen LogP contribution in [0.2, 0.25) is 0 Å². The SMILES string of the molecule is CCCO[C@H]1CCCC[C@H](N(C(=O)OC(C)(C)C)C(=O)OC(C)(C)C)C(=O)O[C@@H](C)[C@@H]1Oc1ccccc1. The number of carbonyl (C=O) groups is 3. The Labute approximate surface area is 227 Å². The number of ether oxygens (including phenoxy) is 5. The molecular weight excluding hydrogens is 490 g/mol. The highest BCUT2D eigenvalue weighted by molar-refractivity contribution is 5.94. The van der Waals surface area contributed by atoms with Crippen LogP contribution in [0.5, 0.6) is 5.75 Å². The third kappa shape index (κ3) is 10.2. The summed E-state index contributed by atoms with van der Waals surface area (Å²) in [5, 5.41) is 0. The van der Waals surface area contributed by atoms with Crippen LogP contribution < -0.4 is 4.74 Å². The van der Waals surface area contributed by atoms with Crippen LogP contribution in [0, 0.1) is 0 Å². The zero-order chi connectivity index (χ0) is 28.5. The number of para-hydroxylation sites is 1. The molecule has 9 nitrogen and oxygen atoms in total. The molecule has 38 heavy (non-hydrogen) atoms. The van der Waals surface area contributed by atoms with Crippen LogP contribution in [0.3, 0.4) is 0 Å². The number of benzene rings is 1. The number of imide groups is 1. The molecule has 1 aromatic carbocycles. The standard InChI is InChI=1S/C29H45NO8/c1-9-19-34-23-18-14-13-17-22(25(31)35-20(2)24(23)36-21-15-11-10-12-16-21)30(26(32)37-28(3,4)5)27(33)38-29(6,7)8/h10-12,15-16,20,22-24H,9,13-14,17-19H2,1-8H3/t20-,22-,23-,24-/m0/s1. The van der Waals surface area contributed by atoms with Crippen molar-refractivity contribution in [1.29, 1.82) is 0 Å². The van der Waals surface area contributed by atoms with Crippen molar-refractivity contribution in [2.75, 3.05) is 6.61 Å². The van der Waals surface area contributed by atoms with E-state index < -0.39 is 47.6 Å². The van der Waals surface area contributed by atoms with Gasteiger partial charge in [-0.15, -0.1) is 0 Å². The van der Waals surface area contributed by atoms with Crippen LogP contribution in [-0.4, -0.2) is 65.2 Å². The molecular formula is C29H45NO8. The fourth-order valence-corrected chi connectivity index (χ4v) is 4.06. The minimum absolute atomic E-state index is 0.203. The molecule has 1 saturated heterocycles. The minimum atomic E-state index is -1.22. The van der Waals surface area contributed by atoms with Gasteiger partial charge in [0.1, 0.15) is 29.1 Å². The van der Waals surface area contributed by atoms with E-state index in [1.54, 1.807) is 48.5 Å². The lowest BCUT2D eigenvalue weighted by Crippen LogP contribution is -2.54. The quantitative estimate of drug-likeness (QED) is 0.310. The van der Waals surface area contributed by atoms with E-state index in [-0.39, 0.29) is 12.5 Å². The van der Waals surface area contributed by atoms with Crippen molar-refractivity contribution >= 4 is 18.2 Å². The van der Waals surface area contributed by atoms with Crippen molar-refractivity contribution in [2.24, 2.45) is 0 Å². The Bertz CT molecular complexity index is 877. The van der Waals surface area contributed by atoms with Crippen LogP contribution in [-0.2, 0) is 23.7 Å². The van der Waals surface area contributed by atoms with E-state index in [9.17, 15) is 14.4 Å². The predicted octanol–water partition coefficient (Wildman–Crippen LogP) is 6.28. The van der Waals surface area contributed by atoms with Gasteiger partial charge in [-0.3, -0.25) is 0 Å². The molecule has 1 heterocycles. The molecule has 0 radical (unpaired) electrons. The largest absolute Gasteiger partial charge is 0.484 e. The number of rotatable bonds is 6. The Morgan fingerprint density at radius 1 is 0.947 bits per heavy atom. The molecule has 1 aromatic rings. The highest BCUT2D eigenvalue weighted by Crippen LogP contribution is 2.27. The van der Waals surface area contributed by atoms with Gasteiger partial charge in [-0.05, 0) is 79.9 Å². The number of carbonyl (C=O) groups excluding carboxylic acids is 3. The lowest BCUT2D eigenvalue weighted by molar-refractivity contribution is -0.165. The van der Waals surface area contributed by atoms with Crippen LogP contribution in [0.1, 0.15) is 87.5 Å². The molecule has 1 fully saturated rings. The first-order valence-electron chi connectivity index (χ1n) is 13.5. The Kier molecular flexibility index (Phi) is 11.4. The van der Waals surface area contributed by atoms with Crippen molar-refractivity contribution in [1.82, 2.24) is 4.90 Å². The Morgan fingerprint density at radius 3 is 2.03 bits per heavy atom. The molecule has 0 aromatic heterocycles. The molecule has 1 aliphatic heterocycles. The predicted molar refractivity (Wildman–Crippen MR) is 143 cm³/mol. The first-order chi connectivity index (χ1) is 17.7. The summed E-state index contributed by atoms with van der Waals surface area (Å²) < 4.78 is 29.3. The van der Waals surface area contributed by atoms with Gasteiger partial charge in [0.2, 0.25) is 0 Å². The fraction of sp³-hybridized carbons (Fsp3) is 0.690. The van der Waals surface area contributed by atoms with E-state index in [1.807, 2.05) is 37.3 Å². The van der Waals surface area contributed by atoms with Crippen molar-refractivity contribution in [3.8, 4) is 5.75 Å². The minimum Gasteiger partial charge on any atom is -0.484 e. The van der Waals surface area contributed by atoms with E-state index in [0.29, 0.717) is 31.6 Å². The molecule has 2 rings (SSSR count). The molecule has 0 bridgehead atoms. The summed E-state index contributed by atoms with van der Waals surface area (Å²) >= 11 is 0. The second-order valence-electron chi connectivity index (χ2n) is 11.6. The van der Waals surface area contributed by atoms with Crippen molar-refractivity contribution in [3.63, 3.8) is 0 Å². The van der Waals surface area contributed by atoms with Crippen LogP contribution in [0.4, 0.5) is 9.59 Å². The third-order valence-electron chi connectivity index (χ3n) is 5.66. The second-order valence-corrected chi connectivity index (χ2v) is 11.6. The van der Waals surface area contributed by atoms with Gasteiger partial charge in [0.05, 0.1) is 6.10 Å². The Morgan fingerprint density at radius 2 is 1.50 bits per heavy atom. The van der Waals surface area contributed by atoms with Gasteiger partial charge >= 0.3 is 18.2 Å². The lowest BCUT2D eigenvalue weighted by atomic mass is 9.98. The van der Waals surface area contributed by atoms with Gasteiger partial charge in [-0.2, -0.15) is 4.90 Å². The highest BCUT2D eigenvalue weighted by Gasteiger charge is 2.43. The van der Waals surface area contributed by atoms with Crippen LogP contribution in [0.15, 0.2) is 30.3 Å². The molecule has 0 unspecified atom stereocenters. The smallest absolute Gasteiger partial charge is 0.420 e. The van der Waals surface area contributed by atoms with Gasteiger partial charge in [0.15, 0.2) is 6.10 Å². The summed E-state index contributed by atoms with van der Waals surface area (Å²) in [5.74, 6) is -0.102. The van der Waals surface area contributed by atoms with E-state index in [0.717, 1.165) is 11.3 Å². The highest BCUT2D eigenvalue weighted by atomic mass is 16.6. The molecule has 0 N–H and O–H groups in total. The van der Waals surface area contributed by atoms with Crippen LogP contribution in [0.25, 0.3) is 0 Å². The molecule has 0 saturated carbocycles. The first kappa shape index (κ1) is 31.4. The number of hydrogen-bond donors (Lipinski definition) is 0. The summed E-state index contributed by atoms with van der Waals surface area (Å²) in [6.45, 7) is 14.4. The summed E-state index contributed by atoms with van der Waals surface area (Å²) in [6.07, 6.45) is -0.615. The molecule has 0 aliphatic carbocycles. The summed E-state index contributed by atoms with van der Waals surface area (Å²) in [6, 6.07) is 8.07. The maximum atomic E-state index is 13.6. The number of cyclic esters (lactones) is 1. The summed E-state index contributed by atoms with van der Waals surface area (Å²) in [4.78, 5) is 40.7. The molecule has 2 amide bonds. The first-order valence-corrected chi connectivity index (χ1v) is 13.5. The normalized spacial score (nSPS) is 23.1. The second kappa shape index (κ2) is 13.8. The summed E-state index contributed by atoms with van der Waals surface area (Å²) in [7, 11) is 0. The molecule has 214 valence electrons. The lowest BCUT2D eigenvalue weighted by Gasteiger charge is -2.36. The summed E-state index contributed by atoms with van der Waals surface area (Å²) in [5.41, 5.74) is -1.77. The molecule has 0 spiro atoms. The zero-order valence-electron chi connectivity index (χ0n) is 24.2. The number of nitrogens with zero attached hydrogens (tertiary/aromatic N) is 1. The maximum Gasteiger partial charge on any atom is 0.420 e. The maximum absolute atomic E-state index is 13.6. The van der Waals surface area contributed by atoms with E-state index in [1.165, 1.54) is 0 Å². The van der Waals surface area contributed by atoms with E-state index in [2.05, 4.69) is 0 Å². The third-order valence-corrected chi connectivity index (χ3v) is 5.66. The number of hydrogen-bond acceptors (Lipinski definition) is 8. The monoisotopic (exact) mass is 535 g/mol. The Hall–Kier alpha value is -2.81. The van der Waals surface area contributed by atoms with Crippen LogP contribution >= 0.6 is 0 Å².